The number of ether oxygens (including phenoxy) is 2. The van der Waals surface area contributed by atoms with E-state index in [1.807, 2.05) is 6.07 Å². The fourth-order valence-electron chi connectivity index (χ4n) is 4.51. The average Bonchev–Trinajstić information content (AvgIpc) is 2.62. The number of methoxy groups -OCH3 is 2. The van der Waals surface area contributed by atoms with Crippen molar-refractivity contribution >= 4 is 0 Å². The fourth-order valence-corrected chi connectivity index (χ4v) is 4.51. The summed E-state index contributed by atoms with van der Waals surface area (Å²) in [6.07, 6.45) is 5.08. The van der Waals surface area contributed by atoms with Gasteiger partial charge in [-0.2, -0.15) is 0 Å². The van der Waals surface area contributed by atoms with Crippen LogP contribution in [0, 0.1) is 5.92 Å². The van der Waals surface area contributed by atoms with E-state index in [1.165, 1.54) is 37.8 Å². The van der Waals surface area contributed by atoms with E-state index >= 15 is 0 Å². The molecule has 0 spiro atoms. The summed E-state index contributed by atoms with van der Waals surface area (Å²) in [5, 5.41) is 0. The van der Waals surface area contributed by atoms with Crippen molar-refractivity contribution in [3.8, 4) is 11.5 Å². The predicted octanol–water partition coefficient (Wildman–Crippen LogP) is 4.08. The zero-order valence-electron chi connectivity index (χ0n) is 15.2. The van der Waals surface area contributed by atoms with Crippen LogP contribution in [-0.4, -0.2) is 31.7 Å². The summed E-state index contributed by atoms with van der Waals surface area (Å²) in [5.74, 6) is 2.40. The predicted molar refractivity (Wildman–Crippen MR) is 100 cm³/mol. The van der Waals surface area contributed by atoms with Crippen LogP contribution >= 0.6 is 0 Å². The van der Waals surface area contributed by atoms with Crippen LogP contribution in [0.15, 0.2) is 42.5 Å². The van der Waals surface area contributed by atoms with Crippen LogP contribution in [0.5, 0.6) is 11.5 Å². The molecule has 3 aliphatic rings. The van der Waals surface area contributed by atoms with E-state index in [-0.39, 0.29) is 0 Å². The Morgan fingerprint density at radius 2 is 1.68 bits per heavy atom. The lowest BCUT2D eigenvalue weighted by Crippen LogP contribution is -2.46. The van der Waals surface area contributed by atoms with E-state index in [4.69, 9.17) is 9.47 Å². The van der Waals surface area contributed by atoms with Crippen molar-refractivity contribution < 1.29 is 9.47 Å². The molecule has 1 aliphatic carbocycles. The van der Waals surface area contributed by atoms with Crippen molar-refractivity contribution in [3.05, 3.63) is 59.2 Å². The minimum absolute atomic E-state index is 0.644. The van der Waals surface area contributed by atoms with E-state index < -0.39 is 0 Å². The van der Waals surface area contributed by atoms with Gasteiger partial charge in [0.15, 0.2) is 11.5 Å². The lowest BCUT2D eigenvalue weighted by atomic mass is 9.80. The van der Waals surface area contributed by atoms with Crippen molar-refractivity contribution in [2.24, 2.45) is 5.92 Å². The number of rotatable bonds is 4. The first-order chi connectivity index (χ1) is 12.3. The normalized spacial score (nSPS) is 22.8. The van der Waals surface area contributed by atoms with Crippen LogP contribution in [0.25, 0.3) is 0 Å². The van der Waals surface area contributed by atoms with Gasteiger partial charge in [0.2, 0.25) is 0 Å². The van der Waals surface area contributed by atoms with Crippen molar-refractivity contribution in [2.45, 2.75) is 38.3 Å². The minimum Gasteiger partial charge on any atom is -0.493 e. The summed E-state index contributed by atoms with van der Waals surface area (Å²) in [6.45, 7) is 2.19. The van der Waals surface area contributed by atoms with Crippen LogP contribution in [-0.2, 0) is 19.4 Å². The number of nitrogens with zero attached hydrogens (tertiary/aromatic N) is 1. The molecule has 2 atom stereocenters. The van der Waals surface area contributed by atoms with Crippen LogP contribution < -0.4 is 9.47 Å². The molecule has 0 aromatic heterocycles. The van der Waals surface area contributed by atoms with Gasteiger partial charge in [0, 0.05) is 19.1 Å². The van der Waals surface area contributed by atoms with Gasteiger partial charge < -0.3 is 9.47 Å². The van der Waals surface area contributed by atoms with Crippen molar-refractivity contribution in [1.29, 1.82) is 0 Å². The monoisotopic (exact) mass is 337 g/mol. The molecule has 5 rings (SSSR count). The molecule has 2 aromatic carbocycles. The van der Waals surface area contributed by atoms with Crippen LogP contribution in [0.2, 0.25) is 0 Å². The molecule has 2 heterocycles. The Morgan fingerprint density at radius 1 is 0.920 bits per heavy atom. The molecule has 0 N–H and O–H groups in total. The fraction of sp³-hybridized carbons (Fsp3) is 0.455. The highest BCUT2D eigenvalue weighted by Gasteiger charge is 2.31. The van der Waals surface area contributed by atoms with E-state index in [9.17, 15) is 0 Å². The average molecular weight is 337 g/mol. The SMILES string of the molecule is COc1ccc(CN2C[C@H]3CC[C@@H]2Cc2ccccc2C3)cc1OC. The van der Waals surface area contributed by atoms with Gasteiger partial charge in [-0.3, -0.25) is 4.90 Å². The quantitative estimate of drug-likeness (QED) is 0.839. The van der Waals surface area contributed by atoms with Crippen molar-refractivity contribution in [2.75, 3.05) is 20.8 Å². The Morgan fingerprint density at radius 3 is 2.44 bits per heavy atom. The molecule has 0 saturated carbocycles. The molecule has 1 saturated heterocycles. The van der Waals surface area contributed by atoms with Gasteiger partial charge in [0.05, 0.1) is 14.2 Å². The smallest absolute Gasteiger partial charge is 0.161 e. The van der Waals surface area contributed by atoms with Gasteiger partial charge in [0.1, 0.15) is 0 Å². The highest BCUT2D eigenvalue weighted by atomic mass is 16.5. The molecule has 3 heteroatoms. The molecule has 2 aromatic rings. The molecular formula is C22H27NO2. The summed E-state index contributed by atoms with van der Waals surface area (Å²) in [4.78, 5) is 2.69. The van der Waals surface area contributed by atoms with E-state index in [2.05, 4.69) is 41.3 Å². The van der Waals surface area contributed by atoms with Crippen LogP contribution in [0.4, 0.5) is 0 Å². The lowest BCUT2D eigenvalue weighted by Gasteiger charge is -2.42. The molecular weight excluding hydrogens is 310 g/mol. The Kier molecular flexibility index (Phi) is 4.67. The minimum atomic E-state index is 0.644. The second kappa shape index (κ2) is 7.09. The molecule has 0 unspecified atom stereocenters. The Balaban J connectivity index is 1.56. The summed E-state index contributed by atoms with van der Waals surface area (Å²) < 4.78 is 10.8. The Bertz CT molecular complexity index is 743. The Hall–Kier alpha value is -2.00. The van der Waals surface area contributed by atoms with E-state index in [0.717, 1.165) is 24.0 Å². The van der Waals surface area contributed by atoms with Gasteiger partial charge in [-0.05, 0) is 60.4 Å². The second-order valence-corrected chi connectivity index (χ2v) is 7.39. The largest absolute Gasteiger partial charge is 0.493 e. The Labute approximate surface area is 150 Å². The topological polar surface area (TPSA) is 21.7 Å². The van der Waals surface area contributed by atoms with E-state index in [1.54, 1.807) is 25.3 Å². The van der Waals surface area contributed by atoms with Crippen molar-refractivity contribution in [3.63, 3.8) is 0 Å². The number of hydrogen-bond donors (Lipinski definition) is 0. The molecule has 2 aliphatic heterocycles. The molecule has 0 radical (unpaired) electrons. The van der Waals surface area contributed by atoms with Crippen LogP contribution in [0.1, 0.15) is 29.5 Å². The molecule has 0 amide bonds. The molecule has 25 heavy (non-hydrogen) atoms. The highest BCUT2D eigenvalue weighted by Crippen LogP contribution is 2.34. The number of piperidine rings is 1. The maximum atomic E-state index is 5.48. The first kappa shape index (κ1) is 16.5. The first-order valence-electron chi connectivity index (χ1n) is 9.28. The molecule has 3 nitrogen and oxygen atoms in total. The lowest BCUT2D eigenvalue weighted by molar-refractivity contribution is 0.0937. The van der Waals surface area contributed by atoms with Gasteiger partial charge >= 0.3 is 0 Å². The summed E-state index contributed by atoms with van der Waals surface area (Å²) >= 11 is 0. The third kappa shape index (κ3) is 3.38. The molecule has 132 valence electrons. The highest BCUT2D eigenvalue weighted by molar-refractivity contribution is 5.43. The third-order valence-corrected chi connectivity index (χ3v) is 5.83. The zero-order valence-corrected chi connectivity index (χ0v) is 15.2. The number of benzene rings is 2. The van der Waals surface area contributed by atoms with Gasteiger partial charge in [0.25, 0.3) is 0 Å². The molecule has 1 fully saturated rings. The first-order valence-corrected chi connectivity index (χ1v) is 9.28. The standard InChI is InChI=1S/C22H27NO2/c1-24-21-10-8-17(12-22(21)25-2)15-23-14-16-7-9-20(23)13-19-6-4-3-5-18(19)11-16/h3-6,8,10,12,16,20H,7,9,11,13-15H2,1-2H3/t16-,20+/m0/s1. The summed E-state index contributed by atoms with van der Waals surface area (Å²) in [5.41, 5.74) is 4.43. The maximum Gasteiger partial charge on any atom is 0.161 e. The van der Waals surface area contributed by atoms with Gasteiger partial charge in [-0.25, -0.2) is 0 Å². The van der Waals surface area contributed by atoms with Gasteiger partial charge in [-0.1, -0.05) is 30.3 Å². The number of fused-ring (bicyclic) bond motifs is 2. The summed E-state index contributed by atoms with van der Waals surface area (Å²) in [6, 6.07) is 16.0. The van der Waals surface area contributed by atoms with Crippen LogP contribution in [0.3, 0.4) is 0 Å². The number of hydrogen-bond acceptors (Lipinski definition) is 3. The maximum absolute atomic E-state index is 5.48. The van der Waals surface area contributed by atoms with E-state index in [0.29, 0.717) is 6.04 Å². The molecule has 2 bridgehead atoms. The van der Waals surface area contributed by atoms with Gasteiger partial charge in [-0.15, -0.1) is 0 Å². The summed E-state index contributed by atoms with van der Waals surface area (Å²) in [7, 11) is 3.39. The van der Waals surface area contributed by atoms with Crippen molar-refractivity contribution in [1.82, 2.24) is 4.90 Å². The zero-order chi connectivity index (χ0) is 17.2. The third-order valence-electron chi connectivity index (χ3n) is 5.83. The second-order valence-electron chi connectivity index (χ2n) is 7.39.